The summed E-state index contributed by atoms with van der Waals surface area (Å²) in [6, 6.07) is 0.914. The van der Waals surface area contributed by atoms with E-state index in [1.165, 1.54) is 6.20 Å². The van der Waals surface area contributed by atoms with Crippen molar-refractivity contribution < 1.29 is 22.4 Å². The number of alkyl halides is 3. The van der Waals surface area contributed by atoms with Crippen LogP contribution in [0.4, 0.5) is 23.4 Å². The van der Waals surface area contributed by atoms with Crippen LogP contribution in [0.1, 0.15) is 24.8 Å². The maximum atomic E-state index is 14.4. The number of nitrogens with two attached hydrogens (primary N) is 1. The van der Waals surface area contributed by atoms with Crippen LogP contribution in [0.15, 0.2) is 24.7 Å². The molecule has 0 bridgehead atoms. The molecule has 0 unspecified atom stereocenters. The van der Waals surface area contributed by atoms with Gasteiger partial charge in [0.1, 0.15) is 5.65 Å². The lowest BCUT2D eigenvalue weighted by Crippen LogP contribution is -2.58. The lowest BCUT2D eigenvalue weighted by atomic mass is 10.0. The highest BCUT2D eigenvalue weighted by Gasteiger charge is 2.36. The number of amides is 1. The van der Waals surface area contributed by atoms with E-state index in [0.29, 0.717) is 19.2 Å². The zero-order chi connectivity index (χ0) is 21.5. The second-order valence-corrected chi connectivity index (χ2v) is 7.02. The highest BCUT2D eigenvalue weighted by molar-refractivity contribution is 5.92. The number of pyridine rings is 1. The number of anilines is 1. The zero-order valence-corrected chi connectivity index (χ0v) is 15.5. The molecule has 0 radical (unpaired) electrons. The van der Waals surface area contributed by atoms with Gasteiger partial charge in [0, 0.05) is 29.9 Å². The van der Waals surface area contributed by atoms with E-state index in [0.717, 1.165) is 18.7 Å². The number of hydrogen-bond donors (Lipinski definition) is 4. The summed E-state index contributed by atoms with van der Waals surface area (Å²) in [5, 5.41) is 5.41. The quantitative estimate of drug-likeness (QED) is 0.380. The molecule has 8 nitrogen and oxygen atoms in total. The van der Waals surface area contributed by atoms with Crippen molar-refractivity contribution in [1.82, 2.24) is 25.3 Å². The Morgan fingerprint density at radius 1 is 1.20 bits per heavy atom. The summed E-state index contributed by atoms with van der Waals surface area (Å²) in [5.41, 5.74) is 4.02. The van der Waals surface area contributed by atoms with Gasteiger partial charge in [-0.1, -0.05) is 0 Å². The highest BCUT2D eigenvalue weighted by Crippen LogP contribution is 2.33. The Labute approximate surface area is 167 Å². The standard InChI is InChI=1S/C18H17F4N7O/c19-12-8-27-14(28-15(12)29-17(23)3-1-2-4-24-16(17)30)11-7-26-13-10(11)5-9(6-25-13)18(20,21)22/h5-8H,1-4,23H2,(H,24,30)(H,25,26)(H,27,28,29)/t17-/m0/s1. The molecule has 0 aromatic carbocycles. The Morgan fingerprint density at radius 3 is 2.77 bits per heavy atom. The number of aromatic nitrogens is 4. The average molecular weight is 423 g/mol. The number of hydrogen-bond acceptors (Lipinski definition) is 6. The van der Waals surface area contributed by atoms with Gasteiger partial charge < -0.3 is 21.4 Å². The lowest BCUT2D eigenvalue weighted by molar-refractivity contribution is -0.137. The molecule has 1 atom stereocenters. The first kappa shape index (κ1) is 20.0. The molecule has 0 spiro atoms. The molecule has 1 aliphatic rings. The fourth-order valence-electron chi connectivity index (χ4n) is 3.26. The van der Waals surface area contributed by atoms with Crippen LogP contribution in [0.25, 0.3) is 22.4 Å². The van der Waals surface area contributed by atoms with Gasteiger partial charge in [-0.15, -0.1) is 0 Å². The number of fused-ring (bicyclic) bond motifs is 1. The number of H-pyrrole nitrogens is 1. The Kier molecular flexibility index (Phi) is 4.80. The summed E-state index contributed by atoms with van der Waals surface area (Å²) in [4.78, 5) is 26.7. The molecular formula is C18H17F4N7O. The monoisotopic (exact) mass is 423 g/mol. The summed E-state index contributed by atoms with van der Waals surface area (Å²) >= 11 is 0. The number of halogens is 4. The van der Waals surface area contributed by atoms with E-state index < -0.39 is 29.1 Å². The van der Waals surface area contributed by atoms with Crippen LogP contribution < -0.4 is 16.4 Å². The molecule has 0 aliphatic carbocycles. The Morgan fingerprint density at radius 2 is 2.00 bits per heavy atom. The van der Waals surface area contributed by atoms with Crippen molar-refractivity contribution in [2.24, 2.45) is 5.73 Å². The molecule has 0 saturated carbocycles. The summed E-state index contributed by atoms with van der Waals surface area (Å²) in [5.74, 6) is -1.72. The van der Waals surface area contributed by atoms with Crippen molar-refractivity contribution >= 4 is 22.8 Å². The first-order valence-corrected chi connectivity index (χ1v) is 9.10. The first-order valence-electron chi connectivity index (χ1n) is 9.10. The fourth-order valence-corrected chi connectivity index (χ4v) is 3.26. The fraction of sp³-hybridized carbons (Fsp3) is 0.333. The van der Waals surface area contributed by atoms with Gasteiger partial charge in [0.15, 0.2) is 23.1 Å². The minimum absolute atomic E-state index is 0.0519. The summed E-state index contributed by atoms with van der Waals surface area (Å²) in [6.07, 6.45) is -0.00376. The van der Waals surface area contributed by atoms with Crippen LogP contribution in [0, 0.1) is 5.82 Å². The van der Waals surface area contributed by atoms with Gasteiger partial charge in [-0.2, -0.15) is 13.2 Å². The normalized spacial score (nSPS) is 20.1. The van der Waals surface area contributed by atoms with E-state index in [-0.39, 0.29) is 34.7 Å². The Bertz CT molecular complexity index is 1110. The second-order valence-electron chi connectivity index (χ2n) is 7.02. The number of nitrogens with one attached hydrogen (secondary N) is 3. The highest BCUT2D eigenvalue weighted by atomic mass is 19.4. The topological polar surface area (TPSA) is 122 Å². The van der Waals surface area contributed by atoms with Crippen LogP contribution >= 0.6 is 0 Å². The molecule has 1 amide bonds. The van der Waals surface area contributed by atoms with Gasteiger partial charge in [0.25, 0.3) is 5.91 Å². The van der Waals surface area contributed by atoms with E-state index in [1.807, 2.05) is 0 Å². The molecule has 3 aromatic rings. The van der Waals surface area contributed by atoms with Crippen LogP contribution in [0.3, 0.4) is 0 Å². The predicted molar refractivity (Wildman–Crippen MR) is 99.5 cm³/mol. The van der Waals surface area contributed by atoms with E-state index in [9.17, 15) is 22.4 Å². The molecule has 3 aromatic heterocycles. The predicted octanol–water partition coefficient (Wildman–Crippen LogP) is 2.54. The van der Waals surface area contributed by atoms with E-state index >= 15 is 0 Å². The summed E-state index contributed by atoms with van der Waals surface area (Å²) in [6.45, 7) is 0.459. The van der Waals surface area contributed by atoms with Crippen molar-refractivity contribution in [2.75, 3.05) is 11.9 Å². The molecule has 1 fully saturated rings. The average Bonchev–Trinajstić information content (AvgIpc) is 3.04. The summed E-state index contributed by atoms with van der Waals surface area (Å²) < 4.78 is 53.5. The molecular weight excluding hydrogens is 406 g/mol. The maximum Gasteiger partial charge on any atom is 0.417 e. The largest absolute Gasteiger partial charge is 0.417 e. The van der Waals surface area contributed by atoms with Crippen LogP contribution in [-0.4, -0.2) is 38.1 Å². The van der Waals surface area contributed by atoms with Gasteiger partial charge in [-0.05, 0) is 25.3 Å². The SMILES string of the molecule is N[C@]1(Nc2nc(-c3c[nH]c4ncc(C(F)(F)F)cc34)ncc2F)CCCCNC1=O. The van der Waals surface area contributed by atoms with Crippen molar-refractivity contribution in [1.29, 1.82) is 0 Å². The minimum atomic E-state index is -4.58. The van der Waals surface area contributed by atoms with Gasteiger partial charge in [0.2, 0.25) is 0 Å². The summed E-state index contributed by atoms with van der Waals surface area (Å²) in [7, 11) is 0. The molecule has 30 heavy (non-hydrogen) atoms. The third-order valence-corrected chi connectivity index (χ3v) is 4.87. The molecule has 1 saturated heterocycles. The van der Waals surface area contributed by atoms with E-state index in [2.05, 4.69) is 30.6 Å². The van der Waals surface area contributed by atoms with Crippen LogP contribution in [0.2, 0.25) is 0 Å². The second kappa shape index (κ2) is 7.20. The van der Waals surface area contributed by atoms with Crippen LogP contribution in [-0.2, 0) is 11.0 Å². The Balaban J connectivity index is 1.74. The third-order valence-electron chi connectivity index (χ3n) is 4.87. The van der Waals surface area contributed by atoms with Gasteiger partial charge in [-0.3, -0.25) is 4.79 Å². The molecule has 5 N–H and O–H groups in total. The maximum absolute atomic E-state index is 14.4. The van der Waals surface area contributed by atoms with E-state index in [4.69, 9.17) is 5.73 Å². The van der Waals surface area contributed by atoms with Gasteiger partial charge >= 0.3 is 6.18 Å². The van der Waals surface area contributed by atoms with Crippen molar-refractivity contribution in [3.63, 3.8) is 0 Å². The number of rotatable bonds is 3. The van der Waals surface area contributed by atoms with E-state index in [1.54, 1.807) is 0 Å². The smallest absolute Gasteiger partial charge is 0.353 e. The minimum Gasteiger partial charge on any atom is -0.353 e. The molecule has 1 aliphatic heterocycles. The molecule has 4 rings (SSSR count). The van der Waals surface area contributed by atoms with Crippen molar-refractivity contribution in [2.45, 2.75) is 31.1 Å². The van der Waals surface area contributed by atoms with Crippen molar-refractivity contribution in [3.8, 4) is 11.4 Å². The number of carbonyl (C=O) groups excluding carboxylic acids is 1. The first-order chi connectivity index (χ1) is 14.2. The number of aromatic amines is 1. The molecule has 158 valence electrons. The third kappa shape index (κ3) is 3.65. The number of nitrogens with zero attached hydrogens (tertiary/aromatic N) is 3. The molecule has 12 heteroatoms. The van der Waals surface area contributed by atoms with Gasteiger partial charge in [0.05, 0.1) is 11.8 Å². The Hall–Kier alpha value is -3.28. The molecule has 4 heterocycles. The lowest BCUT2D eigenvalue weighted by Gasteiger charge is -2.28. The number of carbonyl (C=O) groups is 1. The van der Waals surface area contributed by atoms with Crippen LogP contribution in [0.5, 0.6) is 0 Å². The zero-order valence-electron chi connectivity index (χ0n) is 15.5. The van der Waals surface area contributed by atoms with Gasteiger partial charge in [-0.25, -0.2) is 19.3 Å². The van der Waals surface area contributed by atoms with Crippen molar-refractivity contribution in [3.05, 3.63) is 36.0 Å².